The van der Waals surface area contributed by atoms with Gasteiger partial charge >= 0.3 is 0 Å². The van der Waals surface area contributed by atoms with Crippen molar-refractivity contribution in [3.63, 3.8) is 0 Å². The van der Waals surface area contributed by atoms with Crippen LogP contribution in [0.25, 0.3) is 22.4 Å². The summed E-state index contributed by atoms with van der Waals surface area (Å²) in [4.78, 5) is 12.6. The molecule has 0 bridgehead atoms. The first-order valence-corrected chi connectivity index (χ1v) is 11.0. The van der Waals surface area contributed by atoms with Crippen LogP contribution in [0.1, 0.15) is 15.9 Å². The van der Waals surface area contributed by atoms with Gasteiger partial charge in [0.05, 0.1) is 24.1 Å². The summed E-state index contributed by atoms with van der Waals surface area (Å²) in [6, 6.07) is 33.2. The van der Waals surface area contributed by atoms with Crippen LogP contribution >= 0.6 is 0 Å². The lowest BCUT2D eigenvalue weighted by molar-refractivity contribution is 0.102. The molecule has 3 N–H and O–H groups in total. The Kier molecular flexibility index (Phi) is 5.86. The van der Waals surface area contributed by atoms with Crippen LogP contribution in [0.15, 0.2) is 109 Å². The number of nitrogens with zero attached hydrogens (tertiary/aromatic N) is 3. The number of nitrogens with one attached hydrogen (secondary N) is 1. The fraction of sp³-hybridized carbons (Fsp3) is 0.0357. The molecule has 0 radical (unpaired) electrons. The van der Waals surface area contributed by atoms with Crippen LogP contribution in [-0.4, -0.2) is 20.9 Å². The summed E-state index contributed by atoms with van der Waals surface area (Å²) < 4.78 is 1.82. The van der Waals surface area contributed by atoms with Gasteiger partial charge in [-0.15, -0.1) is 5.10 Å². The van der Waals surface area contributed by atoms with Crippen LogP contribution in [0.2, 0.25) is 0 Å². The van der Waals surface area contributed by atoms with Crippen molar-refractivity contribution in [2.45, 2.75) is 6.54 Å². The quantitative estimate of drug-likeness (QED) is 0.338. The van der Waals surface area contributed by atoms with Crippen LogP contribution in [0.3, 0.4) is 0 Å². The summed E-state index contributed by atoms with van der Waals surface area (Å²) in [6.07, 6.45) is 1.91. The molecule has 0 unspecified atom stereocenters. The van der Waals surface area contributed by atoms with Crippen molar-refractivity contribution >= 4 is 17.3 Å². The highest BCUT2D eigenvalue weighted by atomic mass is 16.1. The van der Waals surface area contributed by atoms with Gasteiger partial charge in [0, 0.05) is 11.1 Å². The Morgan fingerprint density at radius 2 is 1.53 bits per heavy atom. The van der Waals surface area contributed by atoms with Gasteiger partial charge in [0.2, 0.25) is 0 Å². The van der Waals surface area contributed by atoms with Gasteiger partial charge in [-0.25, -0.2) is 4.68 Å². The van der Waals surface area contributed by atoms with E-state index in [-0.39, 0.29) is 5.91 Å². The molecule has 5 aromatic rings. The zero-order valence-electron chi connectivity index (χ0n) is 18.4. The maximum Gasteiger partial charge on any atom is 0.255 e. The van der Waals surface area contributed by atoms with E-state index in [2.05, 4.69) is 52.0 Å². The highest BCUT2D eigenvalue weighted by Gasteiger charge is 2.10. The number of rotatable bonds is 6. The predicted octanol–water partition coefficient (Wildman–Crippen LogP) is 5.49. The van der Waals surface area contributed by atoms with E-state index in [1.807, 2.05) is 53.3 Å². The first kappa shape index (κ1) is 21.2. The smallest absolute Gasteiger partial charge is 0.255 e. The van der Waals surface area contributed by atoms with E-state index in [1.165, 1.54) is 11.1 Å². The summed E-state index contributed by atoms with van der Waals surface area (Å²) >= 11 is 0. The number of para-hydroxylation sites is 2. The lowest BCUT2D eigenvalue weighted by atomic mass is 10.0. The molecule has 1 aromatic heterocycles. The molecule has 166 valence electrons. The normalized spacial score (nSPS) is 10.7. The predicted molar refractivity (Wildman–Crippen MR) is 135 cm³/mol. The van der Waals surface area contributed by atoms with Crippen LogP contribution in [0, 0.1) is 0 Å². The zero-order valence-corrected chi connectivity index (χ0v) is 18.4. The van der Waals surface area contributed by atoms with E-state index < -0.39 is 0 Å². The fourth-order valence-electron chi connectivity index (χ4n) is 3.77. The molecule has 0 fully saturated rings. The average molecular weight is 446 g/mol. The Morgan fingerprint density at radius 1 is 0.794 bits per heavy atom. The molecule has 0 saturated carbocycles. The largest absolute Gasteiger partial charge is 0.397 e. The minimum Gasteiger partial charge on any atom is -0.397 e. The Morgan fingerprint density at radius 3 is 2.32 bits per heavy atom. The van der Waals surface area contributed by atoms with Crippen LogP contribution in [-0.2, 0) is 6.54 Å². The van der Waals surface area contributed by atoms with Gasteiger partial charge in [-0.1, -0.05) is 78.0 Å². The topological polar surface area (TPSA) is 85.8 Å². The molecule has 0 saturated heterocycles. The number of benzene rings is 4. The van der Waals surface area contributed by atoms with Gasteiger partial charge in [0.25, 0.3) is 5.91 Å². The molecule has 34 heavy (non-hydrogen) atoms. The lowest BCUT2D eigenvalue weighted by Crippen LogP contribution is -2.12. The molecule has 1 amide bonds. The van der Waals surface area contributed by atoms with E-state index in [0.29, 0.717) is 23.5 Å². The Bertz CT molecular complexity index is 1420. The first-order valence-electron chi connectivity index (χ1n) is 11.0. The number of nitrogen functional groups attached to an aromatic ring is 1. The number of nitrogens with two attached hydrogens (primary N) is 1. The molecule has 0 spiro atoms. The number of hydrogen-bond acceptors (Lipinski definition) is 4. The first-order chi connectivity index (χ1) is 16.7. The number of carbonyl (C=O) groups is 1. The summed E-state index contributed by atoms with van der Waals surface area (Å²) in [6.45, 7) is 0.618. The lowest BCUT2D eigenvalue weighted by Gasteiger charge is -2.08. The van der Waals surface area contributed by atoms with Crippen molar-refractivity contribution in [2.75, 3.05) is 11.1 Å². The molecule has 4 aromatic carbocycles. The monoisotopic (exact) mass is 445 g/mol. The van der Waals surface area contributed by atoms with Gasteiger partial charge in [0.1, 0.15) is 5.69 Å². The van der Waals surface area contributed by atoms with Crippen LogP contribution in [0.4, 0.5) is 11.4 Å². The van der Waals surface area contributed by atoms with Crippen molar-refractivity contribution in [1.82, 2.24) is 15.0 Å². The van der Waals surface area contributed by atoms with Gasteiger partial charge in [0.15, 0.2) is 0 Å². The van der Waals surface area contributed by atoms with Gasteiger partial charge in [-0.3, -0.25) is 4.79 Å². The summed E-state index contributed by atoms with van der Waals surface area (Å²) in [7, 11) is 0. The molecule has 1 heterocycles. The average Bonchev–Trinajstić information content (AvgIpc) is 3.34. The third-order valence-electron chi connectivity index (χ3n) is 5.57. The zero-order chi connectivity index (χ0) is 23.3. The molecule has 0 aliphatic carbocycles. The summed E-state index contributed by atoms with van der Waals surface area (Å²) in [5, 5.41) is 11.4. The molecule has 0 aliphatic heterocycles. The standard InChI is InChI=1S/C28H23N5O/c29-25-11-4-5-12-26(25)30-28(34)23-15-13-22(14-16-23)27-19-33(32-31-27)18-20-7-6-10-24(17-20)21-8-2-1-3-9-21/h1-17,19H,18,29H2,(H,30,34). The van der Waals surface area contributed by atoms with Gasteiger partial charge in [-0.05, 0) is 47.0 Å². The van der Waals surface area contributed by atoms with E-state index in [1.54, 1.807) is 24.3 Å². The SMILES string of the molecule is Nc1ccccc1NC(=O)c1ccc(-c2cn(Cc3cccc(-c4ccccc4)c3)nn2)cc1. The molecule has 0 aliphatic rings. The number of carbonyl (C=O) groups excluding carboxylic acids is 1. The second kappa shape index (κ2) is 9.42. The highest BCUT2D eigenvalue weighted by Crippen LogP contribution is 2.22. The maximum absolute atomic E-state index is 12.6. The second-order valence-corrected chi connectivity index (χ2v) is 7.99. The Labute approximate surface area is 197 Å². The molecule has 0 atom stereocenters. The van der Waals surface area contributed by atoms with E-state index in [9.17, 15) is 4.79 Å². The Hall–Kier alpha value is -4.71. The van der Waals surface area contributed by atoms with Crippen molar-refractivity contribution < 1.29 is 4.79 Å². The number of hydrogen-bond donors (Lipinski definition) is 2. The third-order valence-corrected chi connectivity index (χ3v) is 5.57. The molecule has 6 nitrogen and oxygen atoms in total. The van der Waals surface area contributed by atoms with E-state index >= 15 is 0 Å². The van der Waals surface area contributed by atoms with Crippen molar-refractivity contribution in [3.05, 3.63) is 120 Å². The minimum absolute atomic E-state index is 0.216. The summed E-state index contributed by atoms with van der Waals surface area (Å²) in [5.41, 5.74) is 12.7. The third kappa shape index (κ3) is 4.71. The fourth-order valence-corrected chi connectivity index (χ4v) is 3.77. The second-order valence-electron chi connectivity index (χ2n) is 7.99. The van der Waals surface area contributed by atoms with Gasteiger partial charge < -0.3 is 11.1 Å². The van der Waals surface area contributed by atoms with Crippen molar-refractivity contribution in [3.8, 4) is 22.4 Å². The molecule has 6 heteroatoms. The van der Waals surface area contributed by atoms with Crippen molar-refractivity contribution in [2.24, 2.45) is 0 Å². The highest BCUT2D eigenvalue weighted by molar-refractivity contribution is 6.05. The van der Waals surface area contributed by atoms with Crippen LogP contribution in [0.5, 0.6) is 0 Å². The maximum atomic E-state index is 12.6. The van der Waals surface area contributed by atoms with E-state index in [0.717, 1.165) is 16.8 Å². The minimum atomic E-state index is -0.216. The summed E-state index contributed by atoms with van der Waals surface area (Å²) in [5.74, 6) is -0.216. The van der Waals surface area contributed by atoms with E-state index in [4.69, 9.17) is 5.73 Å². The van der Waals surface area contributed by atoms with Crippen LogP contribution < -0.4 is 11.1 Å². The number of aromatic nitrogens is 3. The number of amides is 1. The Balaban J connectivity index is 1.28. The molecule has 5 rings (SSSR count). The number of anilines is 2. The molecular weight excluding hydrogens is 422 g/mol. The van der Waals surface area contributed by atoms with Gasteiger partial charge in [-0.2, -0.15) is 0 Å². The molecular formula is C28H23N5O. The van der Waals surface area contributed by atoms with Crippen molar-refractivity contribution in [1.29, 1.82) is 0 Å².